The first-order chi connectivity index (χ1) is 12.6. The van der Waals surface area contributed by atoms with Crippen LogP contribution >= 0.6 is 0 Å². The minimum Gasteiger partial charge on any atom is -0.367 e. The van der Waals surface area contributed by atoms with Gasteiger partial charge in [-0.05, 0) is 55.7 Å². The van der Waals surface area contributed by atoms with Crippen molar-refractivity contribution < 1.29 is 9.18 Å². The molecule has 0 bridgehead atoms. The Hall–Kier alpha value is -2.89. The van der Waals surface area contributed by atoms with Crippen LogP contribution in [0.25, 0.3) is 11.3 Å². The van der Waals surface area contributed by atoms with Crippen LogP contribution in [-0.2, 0) is 0 Å². The van der Waals surface area contributed by atoms with Gasteiger partial charge in [0.05, 0.1) is 11.3 Å². The van der Waals surface area contributed by atoms with Gasteiger partial charge in [-0.2, -0.15) is 5.10 Å². The molecule has 0 spiro atoms. The van der Waals surface area contributed by atoms with Crippen molar-refractivity contribution in [3.8, 4) is 11.3 Å². The van der Waals surface area contributed by atoms with E-state index in [0.29, 0.717) is 6.54 Å². The molecule has 1 atom stereocenters. The number of aromatic nitrogens is 3. The Kier molecular flexibility index (Phi) is 4.32. The van der Waals surface area contributed by atoms with E-state index in [1.165, 1.54) is 12.1 Å². The van der Waals surface area contributed by atoms with E-state index >= 15 is 0 Å². The van der Waals surface area contributed by atoms with Crippen LogP contribution in [0.2, 0.25) is 0 Å². The fourth-order valence-corrected chi connectivity index (χ4v) is 3.57. The van der Waals surface area contributed by atoms with Gasteiger partial charge in [0, 0.05) is 42.7 Å². The molecule has 5 nitrogen and oxygen atoms in total. The van der Waals surface area contributed by atoms with Crippen LogP contribution in [0.3, 0.4) is 0 Å². The van der Waals surface area contributed by atoms with Crippen LogP contribution in [0, 0.1) is 12.7 Å². The lowest BCUT2D eigenvalue weighted by Gasteiger charge is -2.32. The van der Waals surface area contributed by atoms with Gasteiger partial charge in [-0.3, -0.25) is 9.89 Å². The number of halogens is 1. The first kappa shape index (κ1) is 16.6. The van der Waals surface area contributed by atoms with Crippen LogP contribution in [0.15, 0.2) is 42.7 Å². The highest BCUT2D eigenvalue weighted by Gasteiger charge is 2.27. The fraction of sp³-hybridized carbons (Fsp3) is 0.300. The number of aryl methyl sites for hydroxylation is 1. The summed E-state index contributed by atoms with van der Waals surface area (Å²) in [6.07, 6.45) is 5.59. The Morgan fingerprint density at radius 2 is 2.08 bits per heavy atom. The van der Waals surface area contributed by atoms with Crippen molar-refractivity contribution in [2.24, 2.45) is 0 Å². The summed E-state index contributed by atoms with van der Waals surface area (Å²) < 4.78 is 13.1. The second kappa shape index (κ2) is 6.78. The average molecular weight is 352 g/mol. The average Bonchev–Trinajstić information content (AvgIpc) is 3.31. The lowest BCUT2D eigenvalue weighted by atomic mass is 9.93. The molecule has 1 aliphatic heterocycles. The minimum absolute atomic E-state index is 0.0757. The standard InChI is InChI=1S/C20H21FN4O/c1-13-10-22-11-17(13)20(26)25-8-2-3-15(12-25)19-9-18(23-24-19)14-4-6-16(21)7-5-14/h4-7,9-11,15,22H,2-3,8,12H2,1H3,(H,23,24)/t15-/m0/s1. The molecule has 2 N–H and O–H groups in total. The first-order valence-electron chi connectivity index (χ1n) is 8.85. The Labute approximate surface area is 151 Å². The van der Waals surface area contributed by atoms with Gasteiger partial charge in [0.25, 0.3) is 5.91 Å². The normalized spacial score (nSPS) is 17.5. The summed E-state index contributed by atoms with van der Waals surface area (Å²) in [6, 6.07) is 8.32. The molecule has 0 radical (unpaired) electrons. The minimum atomic E-state index is -0.258. The van der Waals surface area contributed by atoms with E-state index in [-0.39, 0.29) is 17.6 Å². The number of H-pyrrole nitrogens is 2. The van der Waals surface area contributed by atoms with Crippen molar-refractivity contribution in [1.82, 2.24) is 20.1 Å². The molecule has 6 heteroatoms. The highest BCUT2D eigenvalue weighted by molar-refractivity contribution is 5.95. The van der Waals surface area contributed by atoms with Gasteiger partial charge in [0.1, 0.15) is 5.82 Å². The van der Waals surface area contributed by atoms with Gasteiger partial charge in [0.15, 0.2) is 0 Å². The van der Waals surface area contributed by atoms with Gasteiger partial charge in [-0.15, -0.1) is 0 Å². The first-order valence-corrected chi connectivity index (χ1v) is 8.85. The summed E-state index contributed by atoms with van der Waals surface area (Å²) in [4.78, 5) is 17.7. The largest absolute Gasteiger partial charge is 0.367 e. The summed E-state index contributed by atoms with van der Waals surface area (Å²) >= 11 is 0. The zero-order valence-electron chi connectivity index (χ0n) is 14.6. The summed E-state index contributed by atoms with van der Waals surface area (Å²) in [5, 5.41) is 7.48. The number of carbonyl (C=O) groups excluding carboxylic acids is 1. The number of rotatable bonds is 3. The van der Waals surface area contributed by atoms with Crippen LogP contribution < -0.4 is 0 Å². The number of nitrogens with one attached hydrogen (secondary N) is 2. The van der Waals surface area contributed by atoms with Gasteiger partial charge >= 0.3 is 0 Å². The molecular formula is C20H21FN4O. The number of hydrogen-bond acceptors (Lipinski definition) is 2. The van der Waals surface area contributed by atoms with E-state index in [0.717, 1.165) is 47.5 Å². The van der Waals surface area contributed by atoms with E-state index in [9.17, 15) is 9.18 Å². The van der Waals surface area contributed by atoms with Gasteiger partial charge in [-0.25, -0.2) is 4.39 Å². The Morgan fingerprint density at radius 3 is 2.81 bits per heavy atom. The lowest BCUT2D eigenvalue weighted by Crippen LogP contribution is -2.39. The maximum absolute atomic E-state index is 13.1. The van der Waals surface area contributed by atoms with Gasteiger partial charge < -0.3 is 9.88 Å². The van der Waals surface area contributed by atoms with Crippen molar-refractivity contribution in [1.29, 1.82) is 0 Å². The number of benzene rings is 1. The Bertz CT molecular complexity index is 912. The quantitative estimate of drug-likeness (QED) is 0.751. The van der Waals surface area contributed by atoms with E-state index in [4.69, 9.17) is 0 Å². The van der Waals surface area contributed by atoms with E-state index in [1.54, 1.807) is 18.3 Å². The van der Waals surface area contributed by atoms with E-state index in [1.807, 2.05) is 24.1 Å². The molecule has 0 aliphatic carbocycles. The number of amides is 1. The molecule has 0 saturated carbocycles. The summed E-state index contributed by atoms with van der Waals surface area (Å²) in [7, 11) is 0. The molecule has 3 aromatic rings. The molecule has 0 unspecified atom stereocenters. The van der Waals surface area contributed by atoms with E-state index < -0.39 is 0 Å². The van der Waals surface area contributed by atoms with Crippen LogP contribution in [0.5, 0.6) is 0 Å². The molecule has 1 aliphatic rings. The molecule has 3 heterocycles. The van der Waals surface area contributed by atoms with Crippen LogP contribution in [0.1, 0.15) is 40.4 Å². The number of carbonyl (C=O) groups is 1. The third-order valence-corrected chi connectivity index (χ3v) is 5.07. The van der Waals surface area contributed by atoms with Crippen molar-refractivity contribution in [3.05, 3.63) is 65.4 Å². The molecule has 134 valence electrons. The highest BCUT2D eigenvalue weighted by atomic mass is 19.1. The number of aromatic amines is 2. The lowest BCUT2D eigenvalue weighted by molar-refractivity contribution is 0.0705. The monoisotopic (exact) mass is 352 g/mol. The molecular weight excluding hydrogens is 331 g/mol. The summed E-state index contributed by atoms with van der Waals surface area (Å²) in [5.41, 5.74) is 4.40. The Balaban J connectivity index is 1.51. The number of likely N-dealkylation sites (tertiary alicyclic amines) is 1. The molecule has 1 saturated heterocycles. The van der Waals surface area contributed by atoms with Crippen molar-refractivity contribution in [3.63, 3.8) is 0 Å². The zero-order chi connectivity index (χ0) is 18.1. The third-order valence-electron chi connectivity index (χ3n) is 5.07. The fourth-order valence-electron chi connectivity index (χ4n) is 3.57. The predicted octanol–water partition coefficient (Wildman–Crippen LogP) is 3.87. The second-order valence-corrected chi connectivity index (χ2v) is 6.86. The number of nitrogens with zero attached hydrogens (tertiary/aromatic N) is 2. The summed E-state index contributed by atoms with van der Waals surface area (Å²) in [5.74, 6) is 0.0476. The highest BCUT2D eigenvalue weighted by Crippen LogP contribution is 2.29. The van der Waals surface area contributed by atoms with Crippen LogP contribution in [-0.4, -0.2) is 39.1 Å². The van der Waals surface area contributed by atoms with Crippen molar-refractivity contribution in [2.75, 3.05) is 13.1 Å². The molecule has 4 rings (SSSR count). The maximum atomic E-state index is 13.1. The van der Waals surface area contributed by atoms with E-state index in [2.05, 4.69) is 15.2 Å². The third kappa shape index (κ3) is 3.14. The molecule has 1 fully saturated rings. The van der Waals surface area contributed by atoms with Crippen molar-refractivity contribution >= 4 is 5.91 Å². The topological polar surface area (TPSA) is 64.8 Å². The smallest absolute Gasteiger partial charge is 0.255 e. The number of piperidine rings is 1. The second-order valence-electron chi connectivity index (χ2n) is 6.86. The predicted molar refractivity (Wildman–Crippen MR) is 97.4 cm³/mol. The Morgan fingerprint density at radius 1 is 1.27 bits per heavy atom. The molecule has 1 aromatic carbocycles. The molecule has 1 amide bonds. The van der Waals surface area contributed by atoms with Crippen LogP contribution in [0.4, 0.5) is 4.39 Å². The van der Waals surface area contributed by atoms with Gasteiger partial charge in [-0.1, -0.05) is 0 Å². The van der Waals surface area contributed by atoms with Crippen molar-refractivity contribution in [2.45, 2.75) is 25.7 Å². The SMILES string of the molecule is Cc1c[nH]cc1C(=O)N1CCC[C@H](c2cc(-c3ccc(F)cc3)n[nH]2)C1. The van der Waals surface area contributed by atoms with Gasteiger partial charge in [0.2, 0.25) is 0 Å². The summed E-state index contributed by atoms with van der Waals surface area (Å²) in [6.45, 7) is 3.39. The maximum Gasteiger partial charge on any atom is 0.255 e. The molecule has 26 heavy (non-hydrogen) atoms. The molecule has 2 aromatic heterocycles. The number of hydrogen-bond donors (Lipinski definition) is 2. The zero-order valence-corrected chi connectivity index (χ0v) is 14.6.